The number of hydrogen-bond donors (Lipinski definition) is 2. The lowest BCUT2D eigenvalue weighted by Crippen LogP contribution is -2.44. The normalized spacial score (nSPS) is 12.8. The Hall–Kier alpha value is -1.49. The molecule has 1 unspecified atom stereocenters. The zero-order valence-electron chi connectivity index (χ0n) is 12.5. The summed E-state index contributed by atoms with van der Waals surface area (Å²) in [4.78, 5) is 23.9. The van der Waals surface area contributed by atoms with Crippen molar-refractivity contribution < 1.29 is 14.7 Å². The van der Waals surface area contributed by atoms with Crippen LogP contribution in [0, 0.1) is 6.92 Å². The number of hydrogen-bond acceptors (Lipinski definition) is 3. The number of amides is 1. The topological polar surface area (TPSA) is 66.4 Å². The van der Waals surface area contributed by atoms with Crippen LogP contribution in [-0.2, 0) is 4.79 Å². The molecule has 0 saturated heterocycles. The second kappa shape index (κ2) is 6.31. The molecular weight excluding hydrogens is 274 g/mol. The van der Waals surface area contributed by atoms with Crippen molar-refractivity contribution in [3.8, 4) is 0 Å². The minimum absolute atomic E-state index is 0.0556. The number of thioether (sulfide) groups is 1. The molecule has 1 aromatic rings. The molecule has 2 N–H and O–H groups in total. The van der Waals surface area contributed by atoms with Crippen LogP contribution in [0.25, 0.3) is 0 Å². The highest BCUT2D eigenvalue weighted by Crippen LogP contribution is 2.26. The van der Waals surface area contributed by atoms with Crippen molar-refractivity contribution in [2.45, 2.75) is 50.3 Å². The predicted molar refractivity (Wildman–Crippen MR) is 81.4 cm³/mol. The Bertz CT molecular complexity index is 520. The van der Waals surface area contributed by atoms with Gasteiger partial charge in [0.05, 0.1) is 10.8 Å². The summed E-state index contributed by atoms with van der Waals surface area (Å²) in [5.74, 6) is -1.00. The van der Waals surface area contributed by atoms with Crippen LogP contribution in [0.5, 0.6) is 0 Å². The fourth-order valence-electron chi connectivity index (χ4n) is 1.63. The van der Waals surface area contributed by atoms with Crippen molar-refractivity contribution in [2.24, 2.45) is 0 Å². The maximum absolute atomic E-state index is 12.0. The van der Waals surface area contributed by atoms with E-state index >= 15 is 0 Å². The molecule has 0 saturated carbocycles. The van der Waals surface area contributed by atoms with Crippen LogP contribution in [0.3, 0.4) is 0 Å². The summed E-state index contributed by atoms with van der Waals surface area (Å²) < 4.78 is 0. The summed E-state index contributed by atoms with van der Waals surface area (Å²) in [6, 6.07) is 5.22. The highest BCUT2D eigenvalue weighted by Gasteiger charge is 2.20. The number of carboxylic acids is 1. The molecule has 5 heteroatoms. The van der Waals surface area contributed by atoms with Crippen LogP contribution >= 0.6 is 11.8 Å². The highest BCUT2D eigenvalue weighted by molar-refractivity contribution is 8.00. The van der Waals surface area contributed by atoms with Gasteiger partial charge in [0, 0.05) is 10.4 Å². The average molecular weight is 295 g/mol. The SMILES string of the molecule is Cc1ccc(SC(C)C(=O)NC(C)(C)C)cc1C(=O)O. The lowest BCUT2D eigenvalue weighted by Gasteiger charge is -2.23. The Labute approximate surface area is 124 Å². The molecule has 0 radical (unpaired) electrons. The quantitative estimate of drug-likeness (QED) is 0.838. The molecule has 0 spiro atoms. The van der Waals surface area contributed by atoms with Crippen molar-refractivity contribution in [3.63, 3.8) is 0 Å². The monoisotopic (exact) mass is 295 g/mol. The van der Waals surface area contributed by atoms with Crippen molar-refractivity contribution in [1.29, 1.82) is 0 Å². The van der Waals surface area contributed by atoms with Gasteiger partial charge in [-0.2, -0.15) is 0 Å². The summed E-state index contributed by atoms with van der Waals surface area (Å²) in [5.41, 5.74) is 0.720. The number of aryl methyl sites for hydroxylation is 1. The Kier molecular flexibility index (Phi) is 5.22. The molecule has 0 fully saturated rings. The molecule has 20 heavy (non-hydrogen) atoms. The number of nitrogens with one attached hydrogen (secondary N) is 1. The first-order chi connectivity index (χ1) is 9.10. The van der Waals surface area contributed by atoms with E-state index in [0.717, 1.165) is 4.90 Å². The lowest BCUT2D eigenvalue weighted by atomic mass is 10.1. The Morgan fingerprint density at radius 1 is 1.30 bits per heavy atom. The number of carbonyl (C=O) groups excluding carboxylic acids is 1. The summed E-state index contributed by atoms with van der Waals surface area (Å²) in [5, 5.41) is 11.7. The van der Waals surface area contributed by atoms with E-state index in [1.807, 2.05) is 33.8 Å². The first kappa shape index (κ1) is 16.6. The van der Waals surface area contributed by atoms with E-state index in [2.05, 4.69) is 5.32 Å². The molecule has 1 rings (SSSR count). The number of aromatic carboxylic acids is 1. The first-order valence-electron chi connectivity index (χ1n) is 6.43. The van der Waals surface area contributed by atoms with E-state index in [-0.39, 0.29) is 22.3 Å². The van der Waals surface area contributed by atoms with Crippen LogP contribution < -0.4 is 5.32 Å². The molecular formula is C15H21NO3S. The van der Waals surface area contributed by atoms with Gasteiger partial charge in [0.2, 0.25) is 5.91 Å². The van der Waals surface area contributed by atoms with Crippen molar-refractivity contribution >= 4 is 23.6 Å². The predicted octanol–water partition coefficient (Wildman–Crippen LogP) is 3.09. The minimum Gasteiger partial charge on any atom is -0.478 e. The fourth-order valence-corrected chi connectivity index (χ4v) is 2.54. The third-order valence-corrected chi connectivity index (χ3v) is 3.71. The van der Waals surface area contributed by atoms with Crippen molar-refractivity contribution in [2.75, 3.05) is 0 Å². The summed E-state index contributed by atoms with van der Waals surface area (Å²) >= 11 is 1.36. The third kappa shape index (κ3) is 4.89. The second-order valence-electron chi connectivity index (χ2n) is 5.78. The molecule has 110 valence electrons. The van der Waals surface area contributed by atoms with Gasteiger partial charge in [-0.15, -0.1) is 11.8 Å². The third-order valence-electron chi connectivity index (χ3n) is 2.62. The molecule has 4 nitrogen and oxygen atoms in total. The van der Waals surface area contributed by atoms with Crippen LogP contribution in [-0.4, -0.2) is 27.8 Å². The molecule has 0 aliphatic rings. The largest absolute Gasteiger partial charge is 0.478 e. The Morgan fingerprint density at radius 2 is 1.90 bits per heavy atom. The van der Waals surface area contributed by atoms with Crippen molar-refractivity contribution in [1.82, 2.24) is 5.32 Å². The minimum atomic E-state index is -0.947. The van der Waals surface area contributed by atoms with E-state index in [0.29, 0.717) is 5.56 Å². The molecule has 0 aromatic heterocycles. The van der Waals surface area contributed by atoms with Gasteiger partial charge in [-0.25, -0.2) is 4.79 Å². The standard InChI is InChI=1S/C15H21NO3S/c1-9-6-7-11(8-12(9)14(18)19)20-10(2)13(17)16-15(3,4)5/h6-8,10H,1-5H3,(H,16,17)(H,18,19). The number of rotatable bonds is 4. The van der Waals surface area contributed by atoms with Gasteiger partial charge in [-0.3, -0.25) is 4.79 Å². The van der Waals surface area contributed by atoms with Gasteiger partial charge in [-0.1, -0.05) is 6.07 Å². The number of carbonyl (C=O) groups is 2. The zero-order valence-corrected chi connectivity index (χ0v) is 13.3. The summed E-state index contributed by atoms with van der Waals surface area (Å²) in [6.07, 6.45) is 0. The van der Waals surface area contributed by atoms with E-state index in [1.54, 1.807) is 19.1 Å². The Morgan fingerprint density at radius 3 is 2.40 bits per heavy atom. The van der Waals surface area contributed by atoms with E-state index in [1.165, 1.54) is 11.8 Å². The highest BCUT2D eigenvalue weighted by atomic mass is 32.2. The second-order valence-corrected chi connectivity index (χ2v) is 7.20. The summed E-state index contributed by atoms with van der Waals surface area (Å²) in [6.45, 7) is 9.35. The Balaban J connectivity index is 2.81. The molecule has 1 atom stereocenters. The molecule has 0 heterocycles. The van der Waals surface area contributed by atoms with Crippen LogP contribution in [0.1, 0.15) is 43.6 Å². The maximum atomic E-state index is 12.0. The molecule has 0 aliphatic heterocycles. The molecule has 0 aliphatic carbocycles. The molecule has 1 aromatic carbocycles. The maximum Gasteiger partial charge on any atom is 0.335 e. The van der Waals surface area contributed by atoms with Gasteiger partial charge in [0.25, 0.3) is 0 Å². The van der Waals surface area contributed by atoms with Gasteiger partial charge in [-0.05, 0) is 52.3 Å². The van der Waals surface area contributed by atoms with E-state index < -0.39 is 5.97 Å². The number of benzene rings is 1. The van der Waals surface area contributed by atoms with Gasteiger partial charge >= 0.3 is 5.97 Å². The van der Waals surface area contributed by atoms with E-state index in [9.17, 15) is 9.59 Å². The van der Waals surface area contributed by atoms with Crippen LogP contribution in [0.15, 0.2) is 23.1 Å². The molecule has 1 amide bonds. The van der Waals surface area contributed by atoms with Crippen LogP contribution in [0.2, 0.25) is 0 Å². The average Bonchev–Trinajstić information content (AvgIpc) is 2.28. The first-order valence-corrected chi connectivity index (χ1v) is 7.31. The number of carboxylic acid groups (broad SMARTS) is 1. The lowest BCUT2D eigenvalue weighted by molar-refractivity contribution is -0.121. The molecule has 0 bridgehead atoms. The van der Waals surface area contributed by atoms with E-state index in [4.69, 9.17) is 5.11 Å². The smallest absolute Gasteiger partial charge is 0.335 e. The summed E-state index contributed by atoms with van der Waals surface area (Å²) in [7, 11) is 0. The van der Waals surface area contributed by atoms with Gasteiger partial charge in [0.1, 0.15) is 0 Å². The van der Waals surface area contributed by atoms with Gasteiger partial charge in [0.15, 0.2) is 0 Å². The zero-order chi connectivity index (χ0) is 15.5. The van der Waals surface area contributed by atoms with Crippen LogP contribution in [0.4, 0.5) is 0 Å². The van der Waals surface area contributed by atoms with Crippen molar-refractivity contribution in [3.05, 3.63) is 29.3 Å². The van der Waals surface area contributed by atoms with Gasteiger partial charge < -0.3 is 10.4 Å². The fraction of sp³-hybridized carbons (Fsp3) is 0.467.